The molecule has 0 aromatic heterocycles. The molecule has 1 aromatic carbocycles. The van der Waals surface area contributed by atoms with E-state index in [1.54, 1.807) is 0 Å². The highest BCUT2D eigenvalue weighted by molar-refractivity contribution is 5.49. The lowest BCUT2D eigenvalue weighted by Crippen LogP contribution is -1.95. The zero-order valence-corrected chi connectivity index (χ0v) is 8.94. The summed E-state index contributed by atoms with van der Waals surface area (Å²) in [7, 11) is 0. The molecule has 1 N–H and O–H groups in total. The minimum Gasteiger partial charge on any atom is -0.507 e. The van der Waals surface area contributed by atoms with Gasteiger partial charge in [-0.3, -0.25) is 0 Å². The van der Waals surface area contributed by atoms with Crippen LogP contribution in [-0.4, -0.2) is 5.11 Å². The molecule has 0 radical (unpaired) electrons. The third kappa shape index (κ3) is 1.69. The summed E-state index contributed by atoms with van der Waals surface area (Å²) in [6.07, 6.45) is 1.82. The molecule has 0 spiro atoms. The molecule has 1 heteroatoms. The SMILES string of the molecule is CCc1c(C)cc(C)c(CC)c1O. The fourth-order valence-corrected chi connectivity index (χ4v) is 1.95. The van der Waals surface area contributed by atoms with E-state index in [0.29, 0.717) is 5.75 Å². The molecule has 13 heavy (non-hydrogen) atoms. The molecule has 0 saturated heterocycles. The number of hydrogen-bond donors (Lipinski definition) is 1. The second kappa shape index (κ2) is 3.82. The molecule has 1 rings (SSSR count). The van der Waals surface area contributed by atoms with Crippen molar-refractivity contribution >= 4 is 0 Å². The first-order chi connectivity index (χ1) is 6.11. The largest absolute Gasteiger partial charge is 0.507 e. The van der Waals surface area contributed by atoms with E-state index in [1.807, 2.05) is 0 Å². The van der Waals surface area contributed by atoms with E-state index in [1.165, 1.54) is 11.1 Å². The maximum absolute atomic E-state index is 9.95. The second-order valence-electron chi connectivity index (χ2n) is 3.52. The predicted molar refractivity (Wildman–Crippen MR) is 56.3 cm³/mol. The van der Waals surface area contributed by atoms with E-state index in [4.69, 9.17) is 0 Å². The van der Waals surface area contributed by atoms with Gasteiger partial charge in [0, 0.05) is 0 Å². The molecule has 0 aliphatic rings. The van der Waals surface area contributed by atoms with Crippen molar-refractivity contribution in [2.24, 2.45) is 0 Å². The highest BCUT2D eigenvalue weighted by Crippen LogP contribution is 2.29. The molecular formula is C12H18O. The first kappa shape index (κ1) is 10.1. The van der Waals surface area contributed by atoms with E-state index in [-0.39, 0.29) is 0 Å². The van der Waals surface area contributed by atoms with Crippen LogP contribution in [0.25, 0.3) is 0 Å². The van der Waals surface area contributed by atoms with Gasteiger partial charge in [-0.1, -0.05) is 19.9 Å². The summed E-state index contributed by atoms with van der Waals surface area (Å²) >= 11 is 0. The van der Waals surface area contributed by atoms with E-state index in [9.17, 15) is 5.11 Å². The van der Waals surface area contributed by atoms with Crippen LogP contribution in [0.4, 0.5) is 0 Å². The van der Waals surface area contributed by atoms with Gasteiger partial charge in [0.25, 0.3) is 0 Å². The van der Waals surface area contributed by atoms with Gasteiger partial charge >= 0.3 is 0 Å². The van der Waals surface area contributed by atoms with Crippen molar-refractivity contribution in [2.75, 3.05) is 0 Å². The first-order valence-corrected chi connectivity index (χ1v) is 4.92. The number of aryl methyl sites for hydroxylation is 2. The van der Waals surface area contributed by atoms with Gasteiger partial charge in [-0.05, 0) is 48.9 Å². The van der Waals surface area contributed by atoms with E-state index < -0.39 is 0 Å². The molecule has 72 valence electrons. The lowest BCUT2D eigenvalue weighted by molar-refractivity contribution is 0.461. The number of hydrogen-bond acceptors (Lipinski definition) is 1. The highest BCUT2D eigenvalue weighted by Gasteiger charge is 2.10. The van der Waals surface area contributed by atoms with Crippen molar-refractivity contribution in [1.82, 2.24) is 0 Å². The van der Waals surface area contributed by atoms with E-state index in [2.05, 4.69) is 33.8 Å². The summed E-state index contributed by atoms with van der Waals surface area (Å²) < 4.78 is 0. The Bertz CT molecular complexity index is 285. The lowest BCUT2D eigenvalue weighted by Gasteiger charge is -2.13. The molecule has 0 aliphatic carbocycles. The molecule has 0 atom stereocenters. The van der Waals surface area contributed by atoms with E-state index in [0.717, 1.165) is 24.0 Å². The number of rotatable bonds is 2. The Hall–Kier alpha value is -0.980. The standard InChI is InChI=1S/C12H18O/c1-5-10-8(3)7-9(4)11(6-2)12(10)13/h7,13H,5-6H2,1-4H3. The topological polar surface area (TPSA) is 20.2 Å². The first-order valence-electron chi connectivity index (χ1n) is 4.92. The average molecular weight is 178 g/mol. The molecule has 1 aromatic rings. The average Bonchev–Trinajstić information content (AvgIpc) is 2.04. The van der Waals surface area contributed by atoms with Gasteiger partial charge in [0.1, 0.15) is 5.75 Å². The zero-order chi connectivity index (χ0) is 10.0. The molecule has 0 saturated carbocycles. The Labute approximate surface area is 80.4 Å². The molecule has 0 fully saturated rings. The van der Waals surface area contributed by atoms with Crippen LogP contribution in [0.15, 0.2) is 6.07 Å². The Balaban J connectivity index is 3.39. The van der Waals surface area contributed by atoms with Gasteiger partial charge in [0.05, 0.1) is 0 Å². The summed E-state index contributed by atoms with van der Waals surface area (Å²) in [4.78, 5) is 0. The number of benzene rings is 1. The van der Waals surface area contributed by atoms with Crippen molar-refractivity contribution in [1.29, 1.82) is 0 Å². The normalized spacial score (nSPS) is 10.5. The molecule has 0 aliphatic heterocycles. The quantitative estimate of drug-likeness (QED) is 0.737. The minimum absolute atomic E-state index is 0.516. The highest BCUT2D eigenvalue weighted by atomic mass is 16.3. The maximum atomic E-state index is 9.95. The van der Waals surface area contributed by atoms with Crippen LogP contribution in [-0.2, 0) is 12.8 Å². The smallest absolute Gasteiger partial charge is 0.122 e. The van der Waals surface area contributed by atoms with Crippen molar-refractivity contribution in [2.45, 2.75) is 40.5 Å². The van der Waals surface area contributed by atoms with Gasteiger partial charge in [0.15, 0.2) is 0 Å². The van der Waals surface area contributed by atoms with Crippen LogP contribution >= 0.6 is 0 Å². The molecular weight excluding hydrogens is 160 g/mol. The van der Waals surface area contributed by atoms with Crippen LogP contribution in [0.1, 0.15) is 36.1 Å². The fraction of sp³-hybridized carbons (Fsp3) is 0.500. The second-order valence-corrected chi connectivity index (χ2v) is 3.52. The lowest BCUT2D eigenvalue weighted by atomic mass is 9.95. The zero-order valence-electron chi connectivity index (χ0n) is 8.94. The fourth-order valence-electron chi connectivity index (χ4n) is 1.95. The molecule has 1 nitrogen and oxygen atoms in total. The predicted octanol–water partition coefficient (Wildman–Crippen LogP) is 3.13. The molecule has 0 heterocycles. The van der Waals surface area contributed by atoms with Gasteiger partial charge < -0.3 is 5.11 Å². The van der Waals surface area contributed by atoms with Crippen molar-refractivity contribution in [3.63, 3.8) is 0 Å². The van der Waals surface area contributed by atoms with Gasteiger partial charge in [-0.2, -0.15) is 0 Å². The summed E-state index contributed by atoms with van der Waals surface area (Å²) in [5.74, 6) is 0.516. The number of phenolic OH excluding ortho intramolecular Hbond substituents is 1. The van der Waals surface area contributed by atoms with Crippen molar-refractivity contribution < 1.29 is 5.11 Å². The van der Waals surface area contributed by atoms with Crippen molar-refractivity contribution in [3.05, 3.63) is 28.3 Å². The van der Waals surface area contributed by atoms with E-state index >= 15 is 0 Å². The monoisotopic (exact) mass is 178 g/mol. The van der Waals surface area contributed by atoms with Gasteiger partial charge in [-0.15, -0.1) is 0 Å². The Kier molecular flexibility index (Phi) is 2.97. The van der Waals surface area contributed by atoms with Crippen LogP contribution in [0.3, 0.4) is 0 Å². The van der Waals surface area contributed by atoms with Crippen LogP contribution in [0.2, 0.25) is 0 Å². The summed E-state index contributed by atoms with van der Waals surface area (Å²) in [6.45, 7) is 8.28. The van der Waals surface area contributed by atoms with Gasteiger partial charge in [-0.25, -0.2) is 0 Å². The Morgan fingerprint density at radius 3 is 1.69 bits per heavy atom. The third-order valence-corrected chi connectivity index (χ3v) is 2.66. The van der Waals surface area contributed by atoms with Crippen LogP contribution < -0.4 is 0 Å². The van der Waals surface area contributed by atoms with Crippen LogP contribution in [0, 0.1) is 13.8 Å². The summed E-state index contributed by atoms with van der Waals surface area (Å²) in [5.41, 5.74) is 4.61. The number of aromatic hydroxyl groups is 1. The maximum Gasteiger partial charge on any atom is 0.122 e. The molecule has 0 unspecified atom stereocenters. The Morgan fingerprint density at radius 1 is 1.00 bits per heavy atom. The van der Waals surface area contributed by atoms with Crippen LogP contribution in [0.5, 0.6) is 5.75 Å². The third-order valence-electron chi connectivity index (χ3n) is 2.66. The summed E-state index contributed by atoms with van der Waals surface area (Å²) in [6, 6.07) is 2.16. The van der Waals surface area contributed by atoms with Gasteiger partial charge in [0.2, 0.25) is 0 Å². The van der Waals surface area contributed by atoms with Crippen molar-refractivity contribution in [3.8, 4) is 5.75 Å². The Morgan fingerprint density at radius 2 is 1.38 bits per heavy atom. The number of phenols is 1. The molecule has 0 amide bonds. The summed E-state index contributed by atoms with van der Waals surface area (Å²) in [5, 5.41) is 9.95. The molecule has 0 bridgehead atoms. The minimum atomic E-state index is 0.516.